The second-order valence-corrected chi connectivity index (χ2v) is 4.63. The fourth-order valence-electron chi connectivity index (χ4n) is 2.49. The van der Waals surface area contributed by atoms with Crippen LogP contribution in [-0.4, -0.2) is 36.7 Å². The first-order chi connectivity index (χ1) is 6.02. The first kappa shape index (κ1) is 11.0. The molecular formula is C11H23NO. The second-order valence-electron chi connectivity index (χ2n) is 4.63. The van der Waals surface area contributed by atoms with E-state index in [1.165, 1.54) is 13.0 Å². The van der Waals surface area contributed by atoms with Crippen molar-refractivity contribution in [1.82, 2.24) is 4.90 Å². The van der Waals surface area contributed by atoms with Crippen molar-refractivity contribution in [1.29, 1.82) is 0 Å². The Bertz CT molecular complexity index is 148. The summed E-state index contributed by atoms with van der Waals surface area (Å²) in [6.45, 7) is 9.96. The highest BCUT2D eigenvalue weighted by Crippen LogP contribution is 2.26. The van der Waals surface area contributed by atoms with E-state index in [0.29, 0.717) is 18.2 Å². The summed E-state index contributed by atoms with van der Waals surface area (Å²) in [6, 6.07) is 0.613. The molecule has 1 fully saturated rings. The number of likely N-dealkylation sites (tertiary alicyclic amines) is 1. The Hall–Kier alpha value is -0.0800. The molecule has 0 aromatic heterocycles. The molecule has 0 aromatic carbocycles. The Morgan fingerprint density at radius 3 is 2.31 bits per heavy atom. The number of hydrogen-bond acceptors (Lipinski definition) is 2. The molecule has 2 nitrogen and oxygen atoms in total. The molecule has 0 aromatic rings. The highest BCUT2D eigenvalue weighted by Gasteiger charge is 2.33. The largest absolute Gasteiger partial charge is 0.374 e. The summed E-state index contributed by atoms with van der Waals surface area (Å²) in [5, 5.41) is 0. The van der Waals surface area contributed by atoms with E-state index in [9.17, 15) is 0 Å². The van der Waals surface area contributed by atoms with Crippen LogP contribution >= 0.6 is 0 Å². The number of ether oxygens (including phenoxy) is 1. The van der Waals surface area contributed by atoms with Crippen LogP contribution in [0, 0.1) is 5.92 Å². The lowest BCUT2D eigenvalue weighted by atomic mass is 9.98. The monoisotopic (exact) mass is 185 g/mol. The predicted molar refractivity (Wildman–Crippen MR) is 55.9 cm³/mol. The van der Waals surface area contributed by atoms with E-state index < -0.39 is 0 Å². The first-order valence-corrected chi connectivity index (χ1v) is 5.38. The lowest BCUT2D eigenvalue weighted by Gasteiger charge is -2.30. The van der Waals surface area contributed by atoms with Crippen molar-refractivity contribution >= 4 is 0 Å². The first-order valence-electron chi connectivity index (χ1n) is 5.38. The van der Waals surface area contributed by atoms with Gasteiger partial charge in [-0.05, 0) is 46.7 Å². The molecule has 1 aliphatic rings. The summed E-state index contributed by atoms with van der Waals surface area (Å²) in [4.78, 5) is 2.43. The molecule has 3 atom stereocenters. The highest BCUT2D eigenvalue weighted by molar-refractivity contribution is 4.87. The van der Waals surface area contributed by atoms with Crippen molar-refractivity contribution in [3.05, 3.63) is 0 Å². The minimum atomic E-state index is 0.344. The van der Waals surface area contributed by atoms with Crippen LogP contribution in [0.2, 0.25) is 0 Å². The molecule has 78 valence electrons. The molecule has 0 radical (unpaired) electrons. The average Bonchev–Trinajstić information content (AvgIpc) is 2.29. The van der Waals surface area contributed by atoms with E-state index >= 15 is 0 Å². The molecular weight excluding hydrogens is 162 g/mol. The van der Waals surface area contributed by atoms with Crippen LogP contribution in [-0.2, 0) is 4.74 Å². The maximum atomic E-state index is 5.83. The Kier molecular flexibility index (Phi) is 3.74. The summed E-state index contributed by atoms with van der Waals surface area (Å²) >= 11 is 0. The van der Waals surface area contributed by atoms with Crippen molar-refractivity contribution in [3.63, 3.8) is 0 Å². The molecule has 0 spiro atoms. The van der Waals surface area contributed by atoms with Gasteiger partial charge in [0.1, 0.15) is 0 Å². The highest BCUT2D eigenvalue weighted by atomic mass is 16.5. The smallest absolute Gasteiger partial charge is 0.0708 e. The summed E-state index contributed by atoms with van der Waals surface area (Å²) in [6.07, 6.45) is 2.02. The summed E-state index contributed by atoms with van der Waals surface area (Å²) < 4.78 is 5.83. The van der Waals surface area contributed by atoms with Gasteiger partial charge in [0.25, 0.3) is 0 Å². The van der Waals surface area contributed by atoms with E-state index in [2.05, 4.69) is 39.6 Å². The number of likely N-dealkylation sites (N-methyl/N-ethyl adjacent to an activating group) is 1. The predicted octanol–water partition coefficient (Wildman–Crippen LogP) is 2.14. The quantitative estimate of drug-likeness (QED) is 0.668. The van der Waals surface area contributed by atoms with Gasteiger partial charge in [0.2, 0.25) is 0 Å². The lowest BCUT2D eigenvalue weighted by molar-refractivity contribution is -0.0286. The van der Waals surface area contributed by atoms with E-state index in [-0.39, 0.29) is 0 Å². The summed E-state index contributed by atoms with van der Waals surface area (Å²) in [5.74, 6) is 0.777. The third kappa shape index (κ3) is 2.68. The number of rotatable bonds is 3. The van der Waals surface area contributed by atoms with Crippen LogP contribution in [0.5, 0.6) is 0 Å². The Balaban J connectivity index is 2.48. The Morgan fingerprint density at radius 1 is 1.31 bits per heavy atom. The fourth-order valence-corrected chi connectivity index (χ4v) is 2.49. The van der Waals surface area contributed by atoms with Crippen LogP contribution in [0.4, 0.5) is 0 Å². The molecule has 0 saturated carbocycles. The van der Waals surface area contributed by atoms with E-state index in [4.69, 9.17) is 4.74 Å². The van der Waals surface area contributed by atoms with Gasteiger partial charge in [-0.2, -0.15) is 0 Å². The van der Waals surface area contributed by atoms with Crippen LogP contribution in [0.25, 0.3) is 0 Å². The molecule has 0 aliphatic carbocycles. The normalized spacial score (nSPS) is 32.8. The summed E-state index contributed by atoms with van der Waals surface area (Å²) in [5.41, 5.74) is 0. The molecule has 0 N–H and O–H groups in total. The van der Waals surface area contributed by atoms with Gasteiger partial charge >= 0.3 is 0 Å². The van der Waals surface area contributed by atoms with Gasteiger partial charge in [-0.1, -0.05) is 6.92 Å². The van der Waals surface area contributed by atoms with Crippen molar-refractivity contribution in [2.75, 3.05) is 13.6 Å². The Labute approximate surface area is 82.3 Å². The van der Waals surface area contributed by atoms with Crippen molar-refractivity contribution in [2.45, 2.75) is 52.4 Å². The zero-order chi connectivity index (χ0) is 10.0. The third-order valence-corrected chi connectivity index (χ3v) is 3.00. The maximum absolute atomic E-state index is 5.83. The van der Waals surface area contributed by atoms with Crippen LogP contribution < -0.4 is 0 Å². The molecule has 1 rings (SSSR count). The Morgan fingerprint density at radius 2 is 1.92 bits per heavy atom. The van der Waals surface area contributed by atoms with Gasteiger partial charge < -0.3 is 9.64 Å². The van der Waals surface area contributed by atoms with Gasteiger partial charge in [-0.3, -0.25) is 0 Å². The van der Waals surface area contributed by atoms with E-state index in [1.807, 2.05) is 0 Å². The molecule has 0 unspecified atom stereocenters. The van der Waals surface area contributed by atoms with Crippen LogP contribution in [0.1, 0.15) is 34.1 Å². The molecule has 0 bridgehead atoms. The topological polar surface area (TPSA) is 12.5 Å². The van der Waals surface area contributed by atoms with Gasteiger partial charge in [-0.25, -0.2) is 0 Å². The second kappa shape index (κ2) is 4.43. The fraction of sp³-hybridized carbons (Fsp3) is 1.00. The van der Waals surface area contributed by atoms with E-state index in [1.54, 1.807) is 0 Å². The van der Waals surface area contributed by atoms with Crippen LogP contribution in [0.15, 0.2) is 0 Å². The molecule has 13 heavy (non-hydrogen) atoms. The SMILES string of the molecule is CC(C)O[C@@H](C)[C@@H]1[C@H](C)CCN1C. The van der Waals surface area contributed by atoms with Crippen LogP contribution in [0.3, 0.4) is 0 Å². The maximum Gasteiger partial charge on any atom is 0.0708 e. The van der Waals surface area contributed by atoms with Crippen molar-refractivity contribution < 1.29 is 4.74 Å². The minimum absolute atomic E-state index is 0.344. The zero-order valence-electron chi connectivity index (χ0n) is 9.58. The van der Waals surface area contributed by atoms with E-state index in [0.717, 1.165) is 5.92 Å². The van der Waals surface area contributed by atoms with Crippen molar-refractivity contribution in [2.24, 2.45) is 5.92 Å². The standard InChI is InChI=1S/C11H23NO/c1-8(2)13-10(4)11-9(3)6-7-12(11)5/h8-11H,6-7H2,1-5H3/t9-,10+,11+/m1/s1. The van der Waals surface area contributed by atoms with Gasteiger partial charge in [0.15, 0.2) is 0 Å². The van der Waals surface area contributed by atoms with Gasteiger partial charge in [0, 0.05) is 6.04 Å². The third-order valence-electron chi connectivity index (χ3n) is 3.00. The van der Waals surface area contributed by atoms with Crippen molar-refractivity contribution in [3.8, 4) is 0 Å². The van der Waals surface area contributed by atoms with Gasteiger partial charge in [0.05, 0.1) is 12.2 Å². The molecule has 2 heteroatoms. The molecule has 0 amide bonds. The molecule has 1 saturated heterocycles. The minimum Gasteiger partial charge on any atom is -0.374 e. The number of nitrogens with zero attached hydrogens (tertiary/aromatic N) is 1. The lowest BCUT2D eigenvalue weighted by Crippen LogP contribution is -2.40. The molecule has 1 heterocycles. The van der Waals surface area contributed by atoms with Gasteiger partial charge in [-0.15, -0.1) is 0 Å². The average molecular weight is 185 g/mol. The zero-order valence-corrected chi connectivity index (χ0v) is 9.58. The molecule has 1 aliphatic heterocycles. The summed E-state index contributed by atoms with van der Waals surface area (Å²) in [7, 11) is 2.20. The number of hydrogen-bond donors (Lipinski definition) is 0.